The topological polar surface area (TPSA) is 64.7 Å². The van der Waals surface area contributed by atoms with Crippen LogP contribution in [-0.4, -0.2) is 53.5 Å². The lowest BCUT2D eigenvalue weighted by molar-refractivity contribution is -0.130. The lowest BCUT2D eigenvalue weighted by atomic mass is 10.2. The monoisotopic (exact) mass is 456 g/mol. The lowest BCUT2D eigenvalue weighted by Crippen LogP contribution is -2.46. The van der Waals surface area contributed by atoms with Gasteiger partial charge in [-0.3, -0.25) is 9.69 Å². The van der Waals surface area contributed by atoms with Crippen molar-refractivity contribution in [2.75, 3.05) is 25.0 Å². The third kappa shape index (κ3) is 4.97. The van der Waals surface area contributed by atoms with Gasteiger partial charge in [-0.2, -0.15) is 0 Å². The zero-order chi connectivity index (χ0) is 20.2. The predicted molar refractivity (Wildman–Crippen MR) is 117 cm³/mol. The number of anilines is 1. The molecular weight excluding hydrogens is 432 g/mol. The Labute approximate surface area is 179 Å². The largest absolute Gasteiger partial charge is 0.336 e. The normalized spacial score (nSPS) is 22.1. The highest BCUT2D eigenvalue weighted by molar-refractivity contribution is 9.10. The third-order valence-corrected chi connectivity index (χ3v) is 6.11. The van der Waals surface area contributed by atoms with Crippen LogP contribution >= 0.6 is 15.9 Å². The number of benzene rings is 2. The number of nitrogens with one attached hydrogen (secondary N) is 2. The van der Waals surface area contributed by atoms with Crippen molar-refractivity contribution in [1.82, 2.24) is 15.1 Å². The van der Waals surface area contributed by atoms with E-state index in [0.717, 1.165) is 30.5 Å². The summed E-state index contributed by atoms with van der Waals surface area (Å²) >= 11 is 3.37. The molecule has 4 rings (SSSR count). The number of likely N-dealkylation sites (tertiary alicyclic amines) is 2. The zero-order valence-corrected chi connectivity index (χ0v) is 17.8. The Hall–Kier alpha value is -2.38. The molecule has 29 heavy (non-hydrogen) atoms. The van der Waals surface area contributed by atoms with Crippen LogP contribution in [0.15, 0.2) is 59.1 Å². The number of urea groups is 1. The standard InChI is InChI=1S/C22H25BrN4O2/c23-17-6-8-18(9-7-17)24-22(29)25-20-11-13-27(21(20)28)19-10-12-26(15-19)14-16-4-2-1-3-5-16/h1-9,19-20H,10-15H2,(H2,24,25,29). The van der Waals surface area contributed by atoms with Gasteiger partial charge in [0.2, 0.25) is 5.91 Å². The van der Waals surface area contributed by atoms with E-state index < -0.39 is 6.04 Å². The molecule has 2 unspecified atom stereocenters. The summed E-state index contributed by atoms with van der Waals surface area (Å²) in [5.74, 6) is 0.0301. The van der Waals surface area contributed by atoms with E-state index in [1.165, 1.54) is 5.56 Å². The number of hydrogen-bond acceptors (Lipinski definition) is 3. The third-order valence-electron chi connectivity index (χ3n) is 5.58. The molecule has 2 heterocycles. The Balaban J connectivity index is 1.27. The fraction of sp³-hybridized carbons (Fsp3) is 0.364. The molecule has 0 spiro atoms. The van der Waals surface area contributed by atoms with Gasteiger partial charge in [0.1, 0.15) is 6.04 Å². The molecule has 152 valence electrons. The van der Waals surface area contributed by atoms with Crippen molar-refractivity contribution in [1.29, 1.82) is 0 Å². The van der Waals surface area contributed by atoms with E-state index in [1.807, 2.05) is 35.2 Å². The van der Waals surface area contributed by atoms with E-state index in [1.54, 1.807) is 0 Å². The molecule has 2 aromatic rings. The number of rotatable bonds is 5. The average Bonchev–Trinajstić information content (AvgIpc) is 3.31. The maximum atomic E-state index is 12.8. The molecule has 2 N–H and O–H groups in total. The van der Waals surface area contributed by atoms with Crippen molar-refractivity contribution in [2.24, 2.45) is 0 Å². The molecule has 2 saturated heterocycles. The first-order valence-electron chi connectivity index (χ1n) is 9.98. The van der Waals surface area contributed by atoms with Crippen molar-refractivity contribution in [3.8, 4) is 0 Å². The highest BCUT2D eigenvalue weighted by Gasteiger charge is 2.39. The first-order chi connectivity index (χ1) is 14.1. The second-order valence-electron chi connectivity index (χ2n) is 7.64. The number of nitrogens with zero attached hydrogens (tertiary/aromatic N) is 2. The number of carbonyl (C=O) groups excluding carboxylic acids is 2. The second-order valence-corrected chi connectivity index (χ2v) is 8.56. The van der Waals surface area contributed by atoms with Crippen molar-refractivity contribution >= 4 is 33.6 Å². The van der Waals surface area contributed by atoms with Gasteiger partial charge in [0.05, 0.1) is 0 Å². The molecule has 0 aromatic heterocycles. The summed E-state index contributed by atoms with van der Waals surface area (Å²) in [5.41, 5.74) is 1.99. The van der Waals surface area contributed by atoms with Crippen LogP contribution in [0.25, 0.3) is 0 Å². The average molecular weight is 457 g/mol. The smallest absolute Gasteiger partial charge is 0.319 e. The van der Waals surface area contributed by atoms with Crippen molar-refractivity contribution in [3.63, 3.8) is 0 Å². The van der Waals surface area contributed by atoms with Gasteiger partial charge >= 0.3 is 6.03 Å². The molecule has 2 aliphatic heterocycles. The van der Waals surface area contributed by atoms with Gasteiger partial charge in [0.25, 0.3) is 0 Å². The van der Waals surface area contributed by atoms with Crippen molar-refractivity contribution in [3.05, 3.63) is 64.6 Å². The van der Waals surface area contributed by atoms with Gasteiger partial charge in [0.15, 0.2) is 0 Å². The molecule has 0 bridgehead atoms. The number of halogens is 1. The summed E-state index contributed by atoms with van der Waals surface area (Å²) in [4.78, 5) is 29.5. The zero-order valence-electron chi connectivity index (χ0n) is 16.2. The molecule has 0 aliphatic carbocycles. The van der Waals surface area contributed by atoms with Crippen LogP contribution < -0.4 is 10.6 Å². The molecule has 7 heteroatoms. The van der Waals surface area contributed by atoms with E-state index in [0.29, 0.717) is 18.7 Å². The van der Waals surface area contributed by atoms with Gasteiger partial charge in [-0.1, -0.05) is 46.3 Å². The van der Waals surface area contributed by atoms with Gasteiger partial charge in [-0.25, -0.2) is 4.79 Å². The van der Waals surface area contributed by atoms with Crippen LogP contribution in [0.3, 0.4) is 0 Å². The molecule has 6 nitrogen and oxygen atoms in total. The second kappa shape index (κ2) is 8.97. The summed E-state index contributed by atoms with van der Waals surface area (Å²) in [5, 5.41) is 5.62. The minimum Gasteiger partial charge on any atom is -0.336 e. The molecule has 2 atom stereocenters. The van der Waals surface area contributed by atoms with Crippen LogP contribution in [0, 0.1) is 0 Å². The predicted octanol–water partition coefficient (Wildman–Crippen LogP) is 3.45. The molecular formula is C22H25BrN4O2. The Morgan fingerprint density at radius 2 is 1.79 bits per heavy atom. The Kier molecular flexibility index (Phi) is 6.16. The summed E-state index contributed by atoms with van der Waals surface area (Å²) in [7, 11) is 0. The van der Waals surface area contributed by atoms with E-state index in [9.17, 15) is 9.59 Å². The van der Waals surface area contributed by atoms with Crippen LogP contribution in [0.1, 0.15) is 18.4 Å². The number of hydrogen-bond donors (Lipinski definition) is 2. The lowest BCUT2D eigenvalue weighted by Gasteiger charge is -2.25. The van der Waals surface area contributed by atoms with Crippen LogP contribution in [0.2, 0.25) is 0 Å². The van der Waals surface area contributed by atoms with Gasteiger partial charge in [0, 0.05) is 42.4 Å². The molecule has 2 fully saturated rings. The fourth-order valence-electron chi connectivity index (χ4n) is 4.11. The summed E-state index contributed by atoms with van der Waals surface area (Å²) in [6, 6.07) is 17.2. The summed E-state index contributed by atoms with van der Waals surface area (Å²) in [6.45, 7) is 3.49. The van der Waals surface area contributed by atoms with Crippen LogP contribution in [0.5, 0.6) is 0 Å². The highest BCUT2D eigenvalue weighted by atomic mass is 79.9. The molecule has 3 amide bonds. The Morgan fingerprint density at radius 3 is 2.55 bits per heavy atom. The number of amides is 3. The molecule has 2 aliphatic rings. The molecule has 0 radical (unpaired) electrons. The highest BCUT2D eigenvalue weighted by Crippen LogP contribution is 2.23. The maximum absolute atomic E-state index is 12.8. The van der Waals surface area contributed by atoms with Gasteiger partial charge in [-0.15, -0.1) is 0 Å². The van der Waals surface area contributed by atoms with Gasteiger partial charge < -0.3 is 15.5 Å². The Bertz CT molecular complexity index is 859. The number of carbonyl (C=O) groups is 2. The van der Waals surface area contributed by atoms with E-state index in [-0.39, 0.29) is 18.0 Å². The van der Waals surface area contributed by atoms with E-state index in [4.69, 9.17) is 0 Å². The van der Waals surface area contributed by atoms with Crippen molar-refractivity contribution < 1.29 is 9.59 Å². The Morgan fingerprint density at radius 1 is 1.03 bits per heavy atom. The fourth-order valence-corrected chi connectivity index (χ4v) is 4.37. The molecule has 0 saturated carbocycles. The van der Waals surface area contributed by atoms with E-state index >= 15 is 0 Å². The maximum Gasteiger partial charge on any atom is 0.319 e. The first-order valence-corrected chi connectivity index (χ1v) is 10.8. The van der Waals surface area contributed by atoms with Crippen molar-refractivity contribution in [2.45, 2.75) is 31.5 Å². The summed E-state index contributed by atoms with van der Waals surface area (Å²) in [6.07, 6.45) is 1.64. The van der Waals surface area contributed by atoms with E-state index in [2.05, 4.69) is 55.7 Å². The van der Waals surface area contributed by atoms with Crippen LogP contribution in [-0.2, 0) is 11.3 Å². The first kappa shape index (κ1) is 19.9. The quantitative estimate of drug-likeness (QED) is 0.723. The van der Waals surface area contributed by atoms with Gasteiger partial charge in [-0.05, 0) is 42.7 Å². The SMILES string of the molecule is O=C(Nc1ccc(Br)cc1)NC1CCN(C2CCN(Cc3ccccc3)C2)C1=O. The minimum absolute atomic E-state index is 0.0301. The van der Waals surface area contributed by atoms with Crippen LogP contribution in [0.4, 0.5) is 10.5 Å². The summed E-state index contributed by atoms with van der Waals surface area (Å²) < 4.78 is 0.947. The minimum atomic E-state index is -0.450. The molecule has 2 aromatic carbocycles.